The van der Waals surface area contributed by atoms with Crippen LogP contribution in [0.3, 0.4) is 0 Å². The summed E-state index contributed by atoms with van der Waals surface area (Å²) in [6, 6.07) is 0. The number of hydrazone groups is 1. The molecule has 13 heavy (non-hydrogen) atoms. The standard InChI is InChI=1S/C7H7N5O/c8-6(13)4-3-5-7(12-11-4)10-2-1-9-5/h1-2H,3H2,(H2,8,13)(H,10,12). The van der Waals surface area contributed by atoms with Crippen molar-refractivity contribution in [1.29, 1.82) is 0 Å². The molecule has 0 spiro atoms. The van der Waals surface area contributed by atoms with Gasteiger partial charge in [-0.05, 0) is 0 Å². The van der Waals surface area contributed by atoms with Gasteiger partial charge in [-0.3, -0.25) is 15.2 Å². The first kappa shape index (κ1) is 7.66. The van der Waals surface area contributed by atoms with E-state index in [1.165, 1.54) is 0 Å². The molecule has 0 aliphatic carbocycles. The fraction of sp³-hybridized carbons (Fsp3) is 0.143. The Bertz CT molecular complexity index is 386. The van der Waals surface area contributed by atoms with E-state index < -0.39 is 5.91 Å². The third-order valence-corrected chi connectivity index (χ3v) is 1.69. The van der Waals surface area contributed by atoms with E-state index in [2.05, 4.69) is 20.5 Å². The molecule has 0 bridgehead atoms. The first-order chi connectivity index (χ1) is 6.27. The summed E-state index contributed by atoms with van der Waals surface area (Å²) in [6.07, 6.45) is 3.45. The molecule has 1 aliphatic rings. The first-order valence-corrected chi connectivity index (χ1v) is 3.69. The first-order valence-electron chi connectivity index (χ1n) is 3.69. The number of nitrogens with zero attached hydrogens (tertiary/aromatic N) is 3. The van der Waals surface area contributed by atoms with Crippen molar-refractivity contribution in [3.05, 3.63) is 18.1 Å². The maximum atomic E-state index is 10.8. The second-order valence-electron chi connectivity index (χ2n) is 2.56. The van der Waals surface area contributed by atoms with Crippen LogP contribution in [-0.4, -0.2) is 21.6 Å². The van der Waals surface area contributed by atoms with Gasteiger partial charge in [0.1, 0.15) is 5.71 Å². The van der Waals surface area contributed by atoms with Gasteiger partial charge in [0.25, 0.3) is 5.91 Å². The Hall–Kier alpha value is -1.98. The van der Waals surface area contributed by atoms with E-state index in [0.717, 1.165) is 0 Å². The van der Waals surface area contributed by atoms with E-state index in [0.29, 0.717) is 17.9 Å². The van der Waals surface area contributed by atoms with E-state index in [1.54, 1.807) is 12.4 Å². The number of nitrogens with one attached hydrogen (secondary N) is 1. The van der Waals surface area contributed by atoms with Crippen LogP contribution in [0.5, 0.6) is 0 Å². The van der Waals surface area contributed by atoms with Crippen LogP contribution in [0.25, 0.3) is 0 Å². The third-order valence-electron chi connectivity index (χ3n) is 1.69. The summed E-state index contributed by atoms with van der Waals surface area (Å²) < 4.78 is 0. The van der Waals surface area contributed by atoms with Crippen molar-refractivity contribution >= 4 is 17.4 Å². The quantitative estimate of drug-likeness (QED) is 0.592. The highest BCUT2D eigenvalue weighted by atomic mass is 16.1. The lowest BCUT2D eigenvalue weighted by Crippen LogP contribution is -2.29. The molecular formula is C7H7N5O. The number of rotatable bonds is 1. The Balaban J connectivity index is 2.33. The maximum Gasteiger partial charge on any atom is 0.265 e. The molecule has 6 nitrogen and oxygen atoms in total. The number of carbonyl (C=O) groups excluding carboxylic acids is 1. The van der Waals surface area contributed by atoms with Crippen LogP contribution in [0.15, 0.2) is 17.5 Å². The summed E-state index contributed by atoms with van der Waals surface area (Å²) >= 11 is 0. The van der Waals surface area contributed by atoms with E-state index in [4.69, 9.17) is 5.73 Å². The van der Waals surface area contributed by atoms with Crippen molar-refractivity contribution in [1.82, 2.24) is 9.97 Å². The fourth-order valence-corrected chi connectivity index (χ4v) is 1.05. The van der Waals surface area contributed by atoms with E-state index >= 15 is 0 Å². The zero-order valence-electron chi connectivity index (χ0n) is 6.69. The average molecular weight is 177 g/mol. The van der Waals surface area contributed by atoms with Gasteiger partial charge < -0.3 is 5.73 Å². The largest absolute Gasteiger partial charge is 0.364 e. The monoisotopic (exact) mass is 177 g/mol. The molecule has 6 heteroatoms. The molecule has 1 amide bonds. The summed E-state index contributed by atoms with van der Waals surface area (Å²) in [5.74, 6) is 0.0382. The zero-order chi connectivity index (χ0) is 9.26. The van der Waals surface area contributed by atoms with Gasteiger partial charge in [-0.1, -0.05) is 0 Å². The van der Waals surface area contributed by atoms with Crippen molar-refractivity contribution in [2.24, 2.45) is 10.8 Å². The van der Waals surface area contributed by atoms with Gasteiger partial charge in [-0.15, -0.1) is 0 Å². The molecule has 0 saturated heterocycles. The molecule has 1 aliphatic heterocycles. The molecule has 2 rings (SSSR count). The molecule has 0 unspecified atom stereocenters. The molecular weight excluding hydrogens is 170 g/mol. The number of fused-ring (bicyclic) bond motifs is 1. The number of carbonyl (C=O) groups is 1. The fourth-order valence-electron chi connectivity index (χ4n) is 1.05. The Kier molecular flexibility index (Phi) is 1.66. The smallest absolute Gasteiger partial charge is 0.265 e. The number of primary amides is 1. The minimum Gasteiger partial charge on any atom is -0.364 e. The predicted molar refractivity (Wildman–Crippen MR) is 46.0 cm³/mol. The lowest BCUT2D eigenvalue weighted by molar-refractivity contribution is -0.112. The second-order valence-corrected chi connectivity index (χ2v) is 2.56. The van der Waals surface area contributed by atoms with Crippen molar-refractivity contribution in [3.63, 3.8) is 0 Å². The Morgan fingerprint density at radius 2 is 2.23 bits per heavy atom. The normalized spacial score (nSPS) is 14.0. The Morgan fingerprint density at radius 3 is 3.00 bits per heavy atom. The zero-order valence-corrected chi connectivity index (χ0v) is 6.69. The van der Waals surface area contributed by atoms with Gasteiger partial charge in [-0.2, -0.15) is 5.10 Å². The van der Waals surface area contributed by atoms with Gasteiger partial charge >= 0.3 is 0 Å². The van der Waals surface area contributed by atoms with Crippen LogP contribution in [0, 0.1) is 0 Å². The number of anilines is 1. The van der Waals surface area contributed by atoms with Crippen molar-refractivity contribution in [2.75, 3.05) is 5.43 Å². The lowest BCUT2D eigenvalue weighted by Gasteiger charge is -2.12. The molecule has 1 aromatic rings. The molecule has 0 fully saturated rings. The minimum atomic E-state index is -0.538. The lowest BCUT2D eigenvalue weighted by atomic mass is 10.2. The molecule has 1 aromatic heterocycles. The van der Waals surface area contributed by atoms with Crippen LogP contribution in [0.4, 0.5) is 5.82 Å². The SMILES string of the molecule is NC(=O)C1=NNc2nccnc2C1. The van der Waals surface area contributed by atoms with Crippen LogP contribution in [0.1, 0.15) is 5.69 Å². The molecule has 0 radical (unpaired) electrons. The highest BCUT2D eigenvalue weighted by Crippen LogP contribution is 2.13. The predicted octanol–water partition coefficient (Wildman–Crippen LogP) is -0.714. The summed E-state index contributed by atoms with van der Waals surface area (Å²) in [5, 5.41) is 3.76. The molecule has 0 saturated carbocycles. The molecule has 0 aromatic carbocycles. The summed E-state index contributed by atoms with van der Waals surface area (Å²) in [5.41, 5.74) is 8.63. The highest BCUT2D eigenvalue weighted by Gasteiger charge is 2.17. The number of hydrogen-bond acceptors (Lipinski definition) is 5. The number of aromatic nitrogens is 2. The number of amides is 1. The summed E-state index contributed by atoms with van der Waals surface area (Å²) in [4.78, 5) is 18.8. The summed E-state index contributed by atoms with van der Waals surface area (Å²) in [6.45, 7) is 0. The van der Waals surface area contributed by atoms with Crippen LogP contribution >= 0.6 is 0 Å². The Morgan fingerprint density at radius 1 is 1.46 bits per heavy atom. The third kappa shape index (κ3) is 1.33. The summed E-state index contributed by atoms with van der Waals surface area (Å²) in [7, 11) is 0. The topological polar surface area (TPSA) is 93.3 Å². The van der Waals surface area contributed by atoms with Crippen molar-refractivity contribution in [2.45, 2.75) is 6.42 Å². The molecule has 66 valence electrons. The van der Waals surface area contributed by atoms with Gasteiger partial charge in [0.2, 0.25) is 0 Å². The molecule has 3 N–H and O–H groups in total. The van der Waals surface area contributed by atoms with Gasteiger partial charge in [0, 0.05) is 18.8 Å². The molecule has 2 heterocycles. The van der Waals surface area contributed by atoms with Gasteiger partial charge in [-0.25, -0.2) is 4.98 Å². The molecule has 0 atom stereocenters. The van der Waals surface area contributed by atoms with Crippen LogP contribution < -0.4 is 11.2 Å². The Labute approximate surface area is 73.9 Å². The van der Waals surface area contributed by atoms with E-state index in [9.17, 15) is 4.79 Å². The second kappa shape index (κ2) is 2.81. The van der Waals surface area contributed by atoms with Gasteiger partial charge in [0.15, 0.2) is 5.82 Å². The number of nitrogens with two attached hydrogens (primary N) is 1. The minimum absolute atomic E-state index is 0.271. The highest BCUT2D eigenvalue weighted by molar-refractivity contribution is 6.39. The van der Waals surface area contributed by atoms with Crippen LogP contribution in [-0.2, 0) is 11.2 Å². The average Bonchev–Trinajstić information content (AvgIpc) is 2.17. The van der Waals surface area contributed by atoms with E-state index in [1.807, 2.05) is 0 Å². The van der Waals surface area contributed by atoms with Crippen molar-refractivity contribution < 1.29 is 4.79 Å². The van der Waals surface area contributed by atoms with E-state index in [-0.39, 0.29) is 5.71 Å². The maximum absolute atomic E-state index is 10.8. The number of hydrogen-bond donors (Lipinski definition) is 2. The van der Waals surface area contributed by atoms with Gasteiger partial charge in [0.05, 0.1) is 5.69 Å². The van der Waals surface area contributed by atoms with Crippen LogP contribution in [0.2, 0.25) is 0 Å². The van der Waals surface area contributed by atoms with Crippen molar-refractivity contribution in [3.8, 4) is 0 Å².